The number of amides is 1. The Kier molecular flexibility index (Phi) is 6.29. The van der Waals surface area contributed by atoms with Crippen molar-refractivity contribution in [1.82, 2.24) is 4.98 Å². The van der Waals surface area contributed by atoms with E-state index in [4.69, 9.17) is 5.73 Å². The zero-order chi connectivity index (χ0) is 14.3. The number of carbonyl (C=O) groups is 1. The summed E-state index contributed by atoms with van der Waals surface area (Å²) in [7, 11) is 3.25. The fourth-order valence-electron chi connectivity index (χ4n) is 1.99. The summed E-state index contributed by atoms with van der Waals surface area (Å²) in [5.41, 5.74) is 6.55. The molecule has 1 aromatic rings. The molecule has 1 saturated heterocycles. The van der Waals surface area contributed by atoms with Crippen molar-refractivity contribution in [3.8, 4) is 0 Å². The van der Waals surface area contributed by atoms with Crippen LogP contribution >= 0.6 is 0 Å². The number of primary amides is 1. The summed E-state index contributed by atoms with van der Waals surface area (Å²) in [6, 6.07) is 3.61. The van der Waals surface area contributed by atoms with E-state index in [9.17, 15) is 4.79 Å². The molecule has 0 atom stereocenters. The first-order chi connectivity index (χ1) is 9.08. The van der Waals surface area contributed by atoms with Gasteiger partial charge in [-0.15, -0.1) is 0 Å². The molecule has 0 aliphatic carbocycles. The Morgan fingerprint density at radius 3 is 2.42 bits per heavy atom. The van der Waals surface area contributed by atoms with Crippen molar-refractivity contribution in [3.63, 3.8) is 0 Å². The van der Waals surface area contributed by atoms with Crippen LogP contribution in [0.4, 0.5) is 5.69 Å². The van der Waals surface area contributed by atoms with Crippen LogP contribution in [0.2, 0.25) is 0 Å². The second kappa shape index (κ2) is 7.74. The van der Waals surface area contributed by atoms with Crippen molar-refractivity contribution < 1.29 is 11.0 Å². The summed E-state index contributed by atoms with van der Waals surface area (Å²) in [4.78, 5) is 17.2. The molecule has 108 valence electrons. The van der Waals surface area contributed by atoms with E-state index in [2.05, 4.69) is 21.5 Å². The van der Waals surface area contributed by atoms with Gasteiger partial charge in [0.2, 0.25) is 0 Å². The van der Waals surface area contributed by atoms with Gasteiger partial charge in [-0.05, 0) is 30.9 Å². The Morgan fingerprint density at radius 2 is 2.00 bits per heavy atom. The van der Waals surface area contributed by atoms with Gasteiger partial charge in [0.25, 0.3) is 5.91 Å². The minimum absolute atomic E-state index is 0. The number of hydrogen-bond acceptors (Lipinski definition) is 4. The van der Waals surface area contributed by atoms with E-state index in [1.807, 2.05) is 6.07 Å². The molecule has 5 heteroatoms. The molecule has 5 nitrogen and oxygen atoms in total. The van der Waals surface area contributed by atoms with Gasteiger partial charge < -0.3 is 15.4 Å². The highest BCUT2D eigenvalue weighted by atomic mass is 16.4. The highest BCUT2D eigenvalue weighted by molar-refractivity contribution is 5.90. The van der Waals surface area contributed by atoms with Crippen LogP contribution in [0.1, 0.15) is 31.7 Å². The zero-order valence-corrected chi connectivity index (χ0v) is 11.9. The lowest BCUT2D eigenvalue weighted by molar-refractivity contribution is 0.0995. The minimum atomic E-state index is -0.473. The highest BCUT2D eigenvalue weighted by Gasteiger charge is 2.16. The minimum Gasteiger partial charge on any atom is -0.388 e. The monoisotopic (exact) mass is 267 g/mol. The van der Waals surface area contributed by atoms with Gasteiger partial charge in [0, 0.05) is 28.7 Å². The molecule has 1 aromatic heterocycles. The van der Waals surface area contributed by atoms with Gasteiger partial charge in [0.1, 0.15) is 5.69 Å². The molecule has 0 unspecified atom stereocenters. The number of ether oxygens (including phenoxy) is 1. The summed E-state index contributed by atoms with van der Waals surface area (Å²) in [5.74, 6) is 0.341. The van der Waals surface area contributed by atoms with E-state index in [1.165, 1.54) is 12.8 Å². The van der Waals surface area contributed by atoms with Crippen LogP contribution < -0.4 is 10.6 Å². The van der Waals surface area contributed by atoms with Crippen molar-refractivity contribution in [1.29, 1.82) is 0 Å². The molecule has 0 radical (unpaired) electrons. The third-order valence-corrected chi connectivity index (χ3v) is 3.15. The highest BCUT2D eigenvalue weighted by Crippen LogP contribution is 2.22. The summed E-state index contributed by atoms with van der Waals surface area (Å²) in [6.07, 6.45) is 4.17. The topological polar surface area (TPSA) is 68.5 Å². The number of methoxy groups -OCH3 is 1. The van der Waals surface area contributed by atoms with Crippen LogP contribution in [-0.2, 0) is 4.74 Å². The number of carbonyl (C=O) groups excluding carboxylic acids is 1. The average molecular weight is 267 g/mol. The maximum atomic E-state index is 10.9. The lowest BCUT2D eigenvalue weighted by Gasteiger charge is -2.31. The van der Waals surface area contributed by atoms with E-state index < -0.39 is 5.91 Å². The Balaban J connectivity index is 0.000000830. The standard InChI is InChI=1S/C12H17N3O.C2H6O.H2/c1-9-4-6-15(7-5-9)10-2-3-11(12(13)16)14-8-10;1-3-2;/h2-3,8-9H,4-7H2,1H3,(H2,13,16);1-2H3;1H. The van der Waals surface area contributed by atoms with Crippen molar-refractivity contribution in [2.75, 3.05) is 32.2 Å². The number of nitrogens with zero attached hydrogens (tertiary/aromatic N) is 2. The molecule has 19 heavy (non-hydrogen) atoms. The Morgan fingerprint density at radius 1 is 1.42 bits per heavy atom. The molecule has 0 spiro atoms. The van der Waals surface area contributed by atoms with E-state index in [-0.39, 0.29) is 1.43 Å². The van der Waals surface area contributed by atoms with Gasteiger partial charge in [-0.3, -0.25) is 4.79 Å². The van der Waals surface area contributed by atoms with Crippen molar-refractivity contribution in [3.05, 3.63) is 24.0 Å². The zero-order valence-electron chi connectivity index (χ0n) is 11.9. The molecule has 1 aliphatic rings. The lowest BCUT2D eigenvalue weighted by atomic mass is 9.99. The first kappa shape index (κ1) is 15.4. The predicted molar refractivity (Wildman–Crippen MR) is 78.4 cm³/mol. The van der Waals surface area contributed by atoms with Crippen LogP contribution in [0.5, 0.6) is 0 Å². The van der Waals surface area contributed by atoms with Crippen LogP contribution in [-0.4, -0.2) is 38.2 Å². The largest absolute Gasteiger partial charge is 0.388 e. The Hall–Kier alpha value is -1.62. The van der Waals surface area contributed by atoms with Gasteiger partial charge >= 0.3 is 0 Å². The first-order valence-corrected chi connectivity index (χ1v) is 6.49. The molecule has 1 fully saturated rings. The predicted octanol–water partition coefficient (Wildman–Crippen LogP) is 1.93. The second-order valence-corrected chi connectivity index (χ2v) is 4.84. The van der Waals surface area contributed by atoms with E-state index >= 15 is 0 Å². The molecule has 0 saturated carbocycles. The van der Waals surface area contributed by atoms with Gasteiger partial charge in [-0.1, -0.05) is 6.92 Å². The number of anilines is 1. The quantitative estimate of drug-likeness (QED) is 0.889. The summed E-state index contributed by atoms with van der Waals surface area (Å²) < 4.78 is 4.25. The molecule has 1 amide bonds. The number of hydrogen-bond donors (Lipinski definition) is 1. The summed E-state index contributed by atoms with van der Waals surface area (Å²) in [5, 5.41) is 0. The molecule has 2 rings (SSSR count). The second-order valence-electron chi connectivity index (χ2n) is 4.84. The molecule has 2 N–H and O–H groups in total. The molecule has 1 aliphatic heterocycles. The first-order valence-electron chi connectivity index (χ1n) is 6.49. The van der Waals surface area contributed by atoms with Crippen molar-refractivity contribution in [2.45, 2.75) is 19.8 Å². The maximum Gasteiger partial charge on any atom is 0.267 e. The number of pyridine rings is 1. The lowest BCUT2D eigenvalue weighted by Crippen LogP contribution is -2.32. The SMILES string of the molecule is CC1CCN(c2ccc(C(N)=O)nc2)CC1.COC.[HH]. The van der Waals surface area contributed by atoms with Gasteiger partial charge in [-0.2, -0.15) is 0 Å². The molecule has 0 bridgehead atoms. The number of rotatable bonds is 2. The summed E-state index contributed by atoms with van der Waals surface area (Å²) >= 11 is 0. The van der Waals surface area contributed by atoms with Gasteiger partial charge in [0.05, 0.1) is 11.9 Å². The van der Waals surface area contributed by atoms with Crippen LogP contribution in [0.25, 0.3) is 0 Å². The van der Waals surface area contributed by atoms with E-state index in [0.29, 0.717) is 5.69 Å². The smallest absolute Gasteiger partial charge is 0.267 e. The van der Waals surface area contributed by atoms with Gasteiger partial charge in [0.15, 0.2) is 0 Å². The Labute approximate surface area is 116 Å². The van der Waals surface area contributed by atoms with E-state index in [1.54, 1.807) is 26.5 Å². The molecule has 0 aromatic carbocycles. The number of aromatic nitrogens is 1. The van der Waals surface area contributed by atoms with Crippen LogP contribution in [0, 0.1) is 5.92 Å². The fourth-order valence-corrected chi connectivity index (χ4v) is 1.99. The molecule has 2 heterocycles. The normalized spacial score (nSPS) is 15.6. The number of nitrogens with two attached hydrogens (primary N) is 1. The summed E-state index contributed by atoms with van der Waals surface area (Å²) in [6.45, 7) is 4.42. The molecular formula is C14H25N3O2. The average Bonchev–Trinajstić information content (AvgIpc) is 2.41. The molecular weight excluding hydrogens is 242 g/mol. The van der Waals surface area contributed by atoms with Crippen molar-refractivity contribution >= 4 is 11.6 Å². The van der Waals surface area contributed by atoms with Crippen LogP contribution in [0.15, 0.2) is 18.3 Å². The Bertz CT molecular complexity index is 390. The third-order valence-electron chi connectivity index (χ3n) is 3.15. The third kappa shape index (κ3) is 4.87. The van der Waals surface area contributed by atoms with E-state index in [0.717, 1.165) is 24.7 Å². The fraction of sp³-hybridized carbons (Fsp3) is 0.571. The maximum absolute atomic E-state index is 10.9. The number of piperidine rings is 1. The van der Waals surface area contributed by atoms with Crippen LogP contribution in [0.3, 0.4) is 0 Å². The van der Waals surface area contributed by atoms with Crippen molar-refractivity contribution in [2.24, 2.45) is 11.7 Å². The van der Waals surface area contributed by atoms with Gasteiger partial charge in [-0.25, -0.2) is 4.98 Å².